The minimum absolute atomic E-state index is 0.122. The van der Waals surface area contributed by atoms with Gasteiger partial charge in [-0.2, -0.15) is 20.5 Å². The molecule has 0 unspecified atom stereocenters. The van der Waals surface area contributed by atoms with Crippen LogP contribution in [0.5, 0.6) is 0 Å². The van der Waals surface area contributed by atoms with Gasteiger partial charge < -0.3 is 4.90 Å². The summed E-state index contributed by atoms with van der Waals surface area (Å²) < 4.78 is 79.9. The summed E-state index contributed by atoms with van der Waals surface area (Å²) in [7, 11) is -12.9. The molecule has 4 aromatic carbocycles. The topological polar surface area (TPSA) is 129 Å². The first-order valence-electron chi connectivity index (χ1n) is 13.9. The number of amides is 1. The highest BCUT2D eigenvalue weighted by molar-refractivity contribution is 8.10. The third-order valence-corrected chi connectivity index (χ3v) is 13.7. The predicted octanol–water partition coefficient (Wildman–Crippen LogP) is 4.94. The standard InChI is InChI=1S/C31H29Cl2N3O7S3/c1-44(38,39)26-15-13-24(14-16-26)31(37)35-19-17-34(18-20-35)22-23-7-6-8-25(21-23)36(45(40,41)29-11-4-2-9-27(29)32)46(42,43)30-12-5-3-10-28(30)33/h2-16,21H,17-20,22H2,1H3. The van der Waals surface area contributed by atoms with E-state index in [0.29, 0.717) is 47.6 Å². The molecule has 15 heteroatoms. The Kier molecular flexibility index (Phi) is 9.83. The molecule has 1 amide bonds. The van der Waals surface area contributed by atoms with Gasteiger partial charge in [0.2, 0.25) is 0 Å². The molecule has 1 fully saturated rings. The lowest BCUT2D eigenvalue weighted by Gasteiger charge is -2.35. The van der Waals surface area contributed by atoms with E-state index >= 15 is 0 Å². The average molecular weight is 723 g/mol. The molecule has 46 heavy (non-hydrogen) atoms. The average Bonchev–Trinajstić information content (AvgIpc) is 3.01. The second kappa shape index (κ2) is 13.3. The van der Waals surface area contributed by atoms with E-state index in [1.807, 2.05) is 0 Å². The van der Waals surface area contributed by atoms with Crippen molar-refractivity contribution in [2.24, 2.45) is 0 Å². The molecule has 1 aliphatic heterocycles. The fourth-order valence-electron chi connectivity index (χ4n) is 5.06. The number of carbonyl (C=O) groups excluding carboxylic acids is 1. The lowest BCUT2D eigenvalue weighted by molar-refractivity contribution is 0.0628. The van der Waals surface area contributed by atoms with Gasteiger partial charge in [0.15, 0.2) is 9.84 Å². The molecule has 0 atom stereocenters. The van der Waals surface area contributed by atoms with Gasteiger partial charge in [-0.15, -0.1) is 0 Å². The van der Waals surface area contributed by atoms with Crippen LogP contribution in [-0.4, -0.2) is 73.4 Å². The molecule has 0 spiro atoms. The molecule has 0 saturated carbocycles. The van der Waals surface area contributed by atoms with Crippen LogP contribution in [0.25, 0.3) is 0 Å². The Hall–Kier alpha value is -3.46. The molecule has 1 saturated heterocycles. The summed E-state index contributed by atoms with van der Waals surface area (Å²) in [4.78, 5) is 16.1. The molecule has 0 aromatic heterocycles. The van der Waals surface area contributed by atoms with Gasteiger partial charge >= 0.3 is 0 Å². The van der Waals surface area contributed by atoms with Crippen LogP contribution >= 0.6 is 23.2 Å². The minimum atomic E-state index is -4.75. The van der Waals surface area contributed by atoms with Crippen LogP contribution in [0.3, 0.4) is 0 Å². The number of sulfone groups is 1. The van der Waals surface area contributed by atoms with Crippen LogP contribution in [0.4, 0.5) is 5.69 Å². The number of carbonyl (C=O) groups is 1. The van der Waals surface area contributed by atoms with Crippen LogP contribution < -0.4 is 3.71 Å². The van der Waals surface area contributed by atoms with Crippen LogP contribution in [0.1, 0.15) is 15.9 Å². The number of hydrogen-bond acceptors (Lipinski definition) is 8. The van der Waals surface area contributed by atoms with Gasteiger partial charge in [-0.05, 0) is 66.2 Å². The van der Waals surface area contributed by atoms with E-state index in [-0.39, 0.29) is 36.3 Å². The summed E-state index contributed by atoms with van der Waals surface area (Å²) in [5.74, 6) is -0.216. The van der Waals surface area contributed by atoms with Gasteiger partial charge in [-0.1, -0.05) is 59.6 Å². The Balaban J connectivity index is 1.39. The SMILES string of the molecule is CS(=O)(=O)c1ccc(C(=O)N2CCN(Cc3cccc(N(S(=O)(=O)c4ccccc4Cl)S(=O)(=O)c4ccccc4Cl)c3)CC2)cc1. The maximum absolute atomic E-state index is 14.0. The number of piperazine rings is 1. The molecule has 0 aliphatic carbocycles. The minimum Gasteiger partial charge on any atom is -0.336 e. The smallest absolute Gasteiger partial charge is 0.279 e. The number of benzene rings is 4. The largest absolute Gasteiger partial charge is 0.336 e. The molecular formula is C31H29Cl2N3O7S3. The third kappa shape index (κ3) is 7.09. The molecule has 0 bridgehead atoms. The van der Waals surface area contributed by atoms with Crippen molar-refractivity contribution in [2.75, 3.05) is 36.1 Å². The Bertz CT molecular complexity index is 2030. The van der Waals surface area contributed by atoms with Crippen LogP contribution in [0.2, 0.25) is 10.0 Å². The number of hydrogen-bond donors (Lipinski definition) is 0. The van der Waals surface area contributed by atoms with E-state index in [2.05, 4.69) is 4.90 Å². The van der Waals surface area contributed by atoms with Gasteiger partial charge in [0.1, 0.15) is 9.79 Å². The molecule has 5 rings (SSSR count). The van der Waals surface area contributed by atoms with Gasteiger partial charge in [0.05, 0.1) is 20.6 Å². The zero-order valence-corrected chi connectivity index (χ0v) is 28.4. The zero-order chi connectivity index (χ0) is 33.3. The van der Waals surface area contributed by atoms with E-state index in [0.717, 1.165) is 6.26 Å². The lowest BCUT2D eigenvalue weighted by Crippen LogP contribution is -2.48. The fraction of sp³-hybridized carbons (Fsp3) is 0.194. The number of nitrogens with zero attached hydrogens (tertiary/aromatic N) is 3. The Morgan fingerprint density at radius 1 is 0.696 bits per heavy atom. The van der Waals surface area contributed by atoms with Crippen molar-refractivity contribution in [3.63, 3.8) is 0 Å². The maximum atomic E-state index is 14.0. The molecule has 242 valence electrons. The highest BCUT2D eigenvalue weighted by Crippen LogP contribution is 2.36. The fourth-order valence-corrected chi connectivity index (χ4v) is 10.3. The first-order valence-corrected chi connectivity index (χ1v) is 19.4. The normalized spacial score (nSPS) is 14.6. The van der Waals surface area contributed by atoms with Gasteiger partial charge in [-0.3, -0.25) is 9.69 Å². The van der Waals surface area contributed by atoms with Crippen molar-refractivity contribution in [3.8, 4) is 0 Å². The van der Waals surface area contributed by atoms with Crippen LogP contribution in [-0.2, 0) is 36.4 Å². The van der Waals surface area contributed by atoms with Crippen molar-refractivity contribution < 1.29 is 30.0 Å². The van der Waals surface area contributed by atoms with Gasteiger partial charge in [0.25, 0.3) is 26.0 Å². The monoisotopic (exact) mass is 721 g/mol. The van der Waals surface area contributed by atoms with Crippen molar-refractivity contribution in [1.29, 1.82) is 0 Å². The molecule has 4 aromatic rings. The van der Waals surface area contributed by atoms with Crippen LogP contribution in [0.15, 0.2) is 112 Å². The van der Waals surface area contributed by atoms with E-state index < -0.39 is 29.9 Å². The molecule has 0 radical (unpaired) electrons. The van der Waals surface area contributed by atoms with Crippen molar-refractivity contribution >= 4 is 64.7 Å². The molecule has 10 nitrogen and oxygen atoms in total. The molecule has 1 aliphatic rings. The first kappa shape index (κ1) is 33.9. The summed E-state index contributed by atoms with van der Waals surface area (Å²) in [5, 5.41) is -0.284. The summed E-state index contributed by atoms with van der Waals surface area (Å²) in [6.07, 6.45) is 1.10. The molecular weight excluding hydrogens is 693 g/mol. The third-order valence-electron chi connectivity index (χ3n) is 7.38. The zero-order valence-electron chi connectivity index (χ0n) is 24.5. The second-order valence-electron chi connectivity index (χ2n) is 10.6. The number of halogens is 2. The number of anilines is 1. The predicted molar refractivity (Wildman–Crippen MR) is 177 cm³/mol. The van der Waals surface area contributed by atoms with E-state index in [9.17, 15) is 30.0 Å². The molecule has 1 heterocycles. The summed E-state index contributed by atoms with van der Waals surface area (Å²) in [6.45, 7) is 2.15. The Morgan fingerprint density at radius 3 is 1.72 bits per heavy atom. The number of rotatable bonds is 9. The highest BCUT2D eigenvalue weighted by Gasteiger charge is 2.39. The Morgan fingerprint density at radius 2 is 1.22 bits per heavy atom. The summed E-state index contributed by atoms with van der Waals surface area (Å²) in [6, 6.07) is 23.2. The second-order valence-corrected chi connectivity index (χ2v) is 17.2. The summed E-state index contributed by atoms with van der Waals surface area (Å²) in [5.41, 5.74) is 0.902. The van der Waals surface area contributed by atoms with Gasteiger partial charge in [-0.25, -0.2) is 8.42 Å². The molecule has 0 N–H and O–H groups in total. The number of sulfonamides is 2. The van der Waals surface area contributed by atoms with Crippen molar-refractivity contribution in [1.82, 2.24) is 9.80 Å². The van der Waals surface area contributed by atoms with E-state index in [4.69, 9.17) is 23.2 Å². The Labute approximate surface area is 278 Å². The highest BCUT2D eigenvalue weighted by atomic mass is 35.5. The van der Waals surface area contributed by atoms with Gasteiger partial charge in [0, 0.05) is 44.5 Å². The van der Waals surface area contributed by atoms with Crippen molar-refractivity contribution in [2.45, 2.75) is 21.2 Å². The maximum Gasteiger partial charge on any atom is 0.279 e. The van der Waals surface area contributed by atoms with Crippen LogP contribution in [0, 0.1) is 0 Å². The first-order chi connectivity index (χ1) is 21.7. The quantitative estimate of drug-likeness (QED) is 0.238. The lowest BCUT2D eigenvalue weighted by atomic mass is 10.1. The van der Waals surface area contributed by atoms with E-state index in [1.54, 1.807) is 17.0 Å². The van der Waals surface area contributed by atoms with E-state index in [1.165, 1.54) is 84.9 Å². The van der Waals surface area contributed by atoms with Crippen molar-refractivity contribution in [3.05, 3.63) is 118 Å². The summed E-state index contributed by atoms with van der Waals surface area (Å²) >= 11 is 12.5.